The van der Waals surface area contributed by atoms with Crippen molar-refractivity contribution >= 4 is 10.0 Å². The van der Waals surface area contributed by atoms with Crippen LogP contribution in [0, 0.1) is 11.3 Å². The van der Waals surface area contributed by atoms with Crippen LogP contribution < -0.4 is 4.72 Å². The van der Waals surface area contributed by atoms with E-state index >= 15 is 0 Å². The van der Waals surface area contributed by atoms with Crippen LogP contribution in [0.4, 0.5) is 0 Å². The van der Waals surface area contributed by atoms with Crippen LogP contribution in [0.1, 0.15) is 11.5 Å². The number of hydrogen-bond acceptors (Lipinski definition) is 5. The zero-order chi connectivity index (χ0) is 13.0. The van der Waals surface area contributed by atoms with Crippen molar-refractivity contribution in [2.75, 3.05) is 0 Å². The molecule has 8 heteroatoms. The fourth-order valence-corrected chi connectivity index (χ4v) is 2.18. The number of pyridine rings is 1. The maximum absolute atomic E-state index is 11.9. The lowest BCUT2D eigenvalue weighted by atomic mass is 10.4. The van der Waals surface area contributed by atoms with Crippen molar-refractivity contribution in [3.05, 3.63) is 42.2 Å². The second-order valence-electron chi connectivity index (χ2n) is 3.35. The van der Waals surface area contributed by atoms with Crippen molar-refractivity contribution in [3.63, 3.8) is 0 Å². The molecule has 0 saturated heterocycles. The summed E-state index contributed by atoms with van der Waals surface area (Å²) in [6.45, 7) is 0.0648. The summed E-state index contributed by atoms with van der Waals surface area (Å²) >= 11 is 0. The first kappa shape index (κ1) is 12.2. The lowest BCUT2D eigenvalue weighted by Crippen LogP contribution is -2.24. The molecule has 0 saturated carbocycles. The van der Waals surface area contributed by atoms with Crippen molar-refractivity contribution in [2.24, 2.45) is 0 Å². The highest BCUT2D eigenvalue weighted by molar-refractivity contribution is 7.89. The van der Waals surface area contributed by atoms with Crippen molar-refractivity contribution in [1.82, 2.24) is 19.7 Å². The first-order valence-electron chi connectivity index (χ1n) is 4.96. The van der Waals surface area contributed by atoms with Gasteiger partial charge in [-0.15, -0.1) is 0 Å². The zero-order valence-electron chi connectivity index (χ0n) is 9.16. The Morgan fingerprint density at radius 1 is 1.39 bits per heavy atom. The Kier molecular flexibility index (Phi) is 3.36. The van der Waals surface area contributed by atoms with E-state index in [0.29, 0.717) is 5.82 Å². The molecule has 0 aliphatic heterocycles. The molecule has 2 aromatic rings. The summed E-state index contributed by atoms with van der Waals surface area (Å²) in [6.07, 6.45) is 4.28. The quantitative estimate of drug-likeness (QED) is 0.815. The van der Waals surface area contributed by atoms with Gasteiger partial charge in [0.25, 0.3) is 0 Å². The number of rotatable bonds is 4. The number of nitriles is 1. The monoisotopic (exact) mass is 263 g/mol. The van der Waals surface area contributed by atoms with Crippen LogP contribution in [-0.4, -0.2) is 23.4 Å². The maximum atomic E-state index is 11.9. The summed E-state index contributed by atoms with van der Waals surface area (Å²) in [7, 11) is -3.64. The van der Waals surface area contributed by atoms with E-state index in [4.69, 9.17) is 5.26 Å². The summed E-state index contributed by atoms with van der Waals surface area (Å²) in [5.41, 5.74) is 0.167. The number of hydrogen-bond donors (Lipinski definition) is 2. The minimum Gasteiger partial charge on any atom is -0.347 e. The Morgan fingerprint density at radius 2 is 2.22 bits per heavy atom. The van der Waals surface area contributed by atoms with Crippen LogP contribution in [0.3, 0.4) is 0 Å². The van der Waals surface area contributed by atoms with Gasteiger partial charge in [-0.3, -0.25) is 0 Å². The molecule has 92 valence electrons. The fourth-order valence-electron chi connectivity index (χ4n) is 1.25. The average Bonchev–Trinajstić information content (AvgIpc) is 2.90. The molecule has 0 aromatic carbocycles. The predicted molar refractivity (Wildman–Crippen MR) is 61.6 cm³/mol. The lowest BCUT2D eigenvalue weighted by molar-refractivity contribution is 0.579. The second kappa shape index (κ2) is 4.95. The molecule has 7 nitrogen and oxygen atoms in total. The first-order chi connectivity index (χ1) is 8.62. The molecule has 18 heavy (non-hydrogen) atoms. The summed E-state index contributed by atoms with van der Waals surface area (Å²) in [5.74, 6) is 0.514. The fraction of sp³-hybridized carbons (Fsp3) is 0.100. The minimum absolute atomic E-state index is 0.00746. The Hall–Kier alpha value is -2.24. The molecule has 2 aromatic heterocycles. The molecule has 0 spiro atoms. The lowest BCUT2D eigenvalue weighted by Gasteiger charge is -2.04. The number of imidazole rings is 1. The highest BCUT2D eigenvalue weighted by atomic mass is 32.2. The van der Waals surface area contributed by atoms with Gasteiger partial charge in [0, 0.05) is 18.6 Å². The van der Waals surface area contributed by atoms with Crippen LogP contribution in [0.25, 0.3) is 0 Å². The summed E-state index contributed by atoms with van der Waals surface area (Å²) in [6, 6.07) is 4.50. The molecule has 2 heterocycles. The van der Waals surface area contributed by atoms with E-state index < -0.39 is 10.0 Å². The largest absolute Gasteiger partial charge is 0.347 e. The Bertz CT molecular complexity index is 655. The molecule has 0 atom stereocenters. The van der Waals surface area contributed by atoms with E-state index in [1.807, 2.05) is 6.07 Å². The SMILES string of the molecule is N#Cc1ccc(S(=O)(=O)NCc2ncc[nH]2)cn1. The number of nitrogens with one attached hydrogen (secondary N) is 2. The Labute approximate surface area is 104 Å². The van der Waals surface area contributed by atoms with Crippen LogP contribution in [0.5, 0.6) is 0 Å². The van der Waals surface area contributed by atoms with E-state index in [0.717, 1.165) is 6.20 Å². The van der Waals surface area contributed by atoms with Crippen molar-refractivity contribution in [1.29, 1.82) is 5.26 Å². The zero-order valence-corrected chi connectivity index (χ0v) is 9.98. The van der Waals surface area contributed by atoms with Gasteiger partial charge in [-0.25, -0.2) is 23.1 Å². The Morgan fingerprint density at radius 3 is 2.78 bits per heavy atom. The molecule has 0 unspecified atom stereocenters. The third-order valence-electron chi connectivity index (χ3n) is 2.15. The topological polar surface area (TPSA) is 112 Å². The molecule has 0 amide bonds. The summed E-state index contributed by atoms with van der Waals surface area (Å²) in [4.78, 5) is 10.4. The van der Waals surface area contributed by atoms with E-state index in [1.54, 1.807) is 6.20 Å². The predicted octanol–water partition coefficient (Wildman–Crippen LogP) is 0.155. The number of aromatic nitrogens is 3. The van der Waals surface area contributed by atoms with Gasteiger partial charge >= 0.3 is 0 Å². The molecule has 0 radical (unpaired) electrons. The van der Waals surface area contributed by atoms with Crippen LogP contribution in [0.2, 0.25) is 0 Å². The van der Waals surface area contributed by atoms with Gasteiger partial charge in [0.2, 0.25) is 10.0 Å². The molecule has 0 aliphatic carbocycles. The van der Waals surface area contributed by atoms with Crippen LogP contribution in [-0.2, 0) is 16.6 Å². The Balaban J connectivity index is 2.13. The van der Waals surface area contributed by atoms with Crippen molar-refractivity contribution in [3.8, 4) is 6.07 Å². The highest BCUT2D eigenvalue weighted by Crippen LogP contribution is 2.07. The van der Waals surface area contributed by atoms with E-state index in [9.17, 15) is 8.42 Å². The smallest absolute Gasteiger partial charge is 0.242 e. The van der Waals surface area contributed by atoms with Gasteiger partial charge in [-0.05, 0) is 12.1 Å². The van der Waals surface area contributed by atoms with Gasteiger partial charge in [0.15, 0.2) is 0 Å². The van der Waals surface area contributed by atoms with E-state index in [1.165, 1.54) is 18.3 Å². The third kappa shape index (κ3) is 2.71. The number of aromatic amines is 1. The van der Waals surface area contributed by atoms with Crippen molar-refractivity contribution in [2.45, 2.75) is 11.4 Å². The normalized spacial score (nSPS) is 11.1. The van der Waals surface area contributed by atoms with Gasteiger partial charge in [0.05, 0.1) is 6.54 Å². The van der Waals surface area contributed by atoms with Gasteiger partial charge in [-0.2, -0.15) is 5.26 Å². The molecule has 2 rings (SSSR count). The van der Waals surface area contributed by atoms with Gasteiger partial charge in [-0.1, -0.05) is 0 Å². The molecular formula is C10H9N5O2S. The highest BCUT2D eigenvalue weighted by Gasteiger charge is 2.14. The van der Waals surface area contributed by atoms with Gasteiger partial charge in [0.1, 0.15) is 22.5 Å². The molecule has 0 fully saturated rings. The van der Waals surface area contributed by atoms with E-state index in [-0.39, 0.29) is 17.1 Å². The van der Waals surface area contributed by atoms with E-state index in [2.05, 4.69) is 19.7 Å². The summed E-state index contributed by atoms with van der Waals surface area (Å²) in [5, 5.41) is 8.57. The number of sulfonamides is 1. The number of H-pyrrole nitrogens is 1. The van der Waals surface area contributed by atoms with Crippen LogP contribution in [0.15, 0.2) is 35.6 Å². The third-order valence-corrected chi connectivity index (χ3v) is 3.53. The second-order valence-corrected chi connectivity index (χ2v) is 5.12. The average molecular weight is 263 g/mol. The summed E-state index contributed by atoms with van der Waals surface area (Å²) < 4.78 is 26.1. The van der Waals surface area contributed by atoms with Gasteiger partial charge < -0.3 is 4.98 Å². The first-order valence-corrected chi connectivity index (χ1v) is 6.44. The van der Waals surface area contributed by atoms with Crippen LogP contribution >= 0.6 is 0 Å². The molecule has 0 bridgehead atoms. The number of nitrogens with zero attached hydrogens (tertiary/aromatic N) is 3. The molecule has 2 N–H and O–H groups in total. The standard InChI is InChI=1S/C10H9N5O2S/c11-5-8-1-2-9(6-14-8)18(16,17)15-7-10-12-3-4-13-10/h1-4,6,15H,7H2,(H,12,13). The maximum Gasteiger partial charge on any atom is 0.242 e. The molecular weight excluding hydrogens is 254 g/mol. The van der Waals surface area contributed by atoms with Crippen molar-refractivity contribution < 1.29 is 8.42 Å². The molecule has 0 aliphatic rings. The minimum atomic E-state index is -3.64.